The lowest BCUT2D eigenvalue weighted by atomic mass is 9.96. The van der Waals surface area contributed by atoms with Crippen LogP contribution in [0, 0.1) is 5.92 Å². The van der Waals surface area contributed by atoms with Gasteiger partial charge in [0, 0.05) is 37.1 Å². The van der Waals surface area contributed by atoms with Crippen LogP contribution in [0.2, 0.25) is 5.02 Å². The van der Waals surface area contributed by atoms with Crippen molar-refractivity contribution in [2.75, 3.05) is 18.0 Å². The molecule has 1 aliphatic rings. The highest BCUT2D eigenvalue weighted by molar-refractivity contribution is 6.30. The predicted octanol–water partition coefficient (Wildman–Crippen LogP) is 3.21. The third-order valence-corrected chi connectivity index (χ3v) is 5.10. The zero-order chi connectivity index (χ0) is 18.6. The highest BCUT2D eigenvalue weighted by atomic mass is 35.5. The quantitative estimate of drug-likeness (QED) is 0.751. The second-order valence-electron chi connectivity index (χ2n) is 6.72. The summed E-state index contributed by atoms with van der Waals surface area (Å²) >= 11 is 5.90. The van der Waals surface area contributed by atoms with Crippen LogP contribution < -0.4 is 10.2 Å². The molecule has 2 aromatic heterocycles. The van der Waals surface area contributed by atoms with Crippen molar-refractivity contribution in [2.24, 2.45) is 5.92 Å². The molecule has 0 spiro atoms. The van der Waals surface area contributed by atoms with E-state index in [9.17, 15) is 4.79 Å². The number of fused-ring (bicyclic) bond motifs is 1. The second kappa shape index (κ2) is 7.88. The van der Waals surface area contributed by atoms with E-state index in [1.54, 1.807) is 12.4 Å². The minimum atomic E-state index is -0.0383. The summed E-state index contributed by atoms with van der Waals surface area (Å²) in [5.41, 5.74) is 3.43. The lowest BCUT2D eigenvalue weighted by Gasteiger charge is -2.33. The van der Waals surface area contributed by atoms with Crippen molar-refractivity contribution in [2.45, 2.75) is 19.4 Å². The van der Waals surface area contributed by atoms with Crippen LogP contribution in [0.4, 0.5) is 5.69 Å². The third-order valence-electron chi connectivity index (χ3n) is 4.85. The average molecular weight is 382 g/mol. The van der Waals surface area contributed by atoms with Crippen molar-refractivity contribution in [3.8, 4) is 0 Å². The molecule has 1 fully saturated rings. The van der Waals surface area contributed by atoms with Crippen molar-refractivity contribution in [1.82, 2.24) is 20.3 Å². The molecule has 1 aliphatic heterocycles. The van der Waals surface area contributed by atoms with Crippen LogP contribution in [0.5, 0.6) is 0 Å². The summed E-state index contributed by atoms with van der Waals surface area (Å²) in [6.45, 7) is 2.11. The lowest BCUT2D eigenvalue weighted by Crippen LogP contribution is -2.43. The largest absolute Gasteiger partial charge is 0.369 e. The van der Waals surface area contributed by atoms with E-state index in [4.69, 9.17) is 11.6 Å². The van der Waals surface area contributed by atoms with E-state index >= 15 is 0 Å². The van der Waals surface area contributed by atoms with Gasteiger partial charge in [0.1, 0.15) is 5.52 Å². The van der Waals surface area contributed by atoms with E-state index in [2.05, 4.69) is 25.2 Å². The summed E-state index contributed by atoms with van der Waals surface area (Å²) in [6.07, 6.45) is 6.97. The number of carbonyl (C=O) groups excluding carboxylic acids is 1. The molecular weight excluding hydrogens is 362 g/mol. The van der Waals surface area contributed by atoms with E-state index in [0.717, 1.165) is 36.2 Å². The summed E-state index contributed by atoms with van der Waals surface area (Å²) in [7, 11) is 0. The van der Waals surface area contributed by atoms with Crippen LogP contribution in [0.15, 0.2) is 48.9 Å². The number of aromatic nitrogens is 3. The van der Waals surface area contributed by atoms with Crippen molar-refractivity contribution in [3.05, 3.63) is 59.5 Å². The molecule has 4 rings (SSSR count). The van der Waals surface area contributed by atoms with Crippen LogP contribution in [0.25, 0.3) is 11.2 Å². The number of halogens is 1. The number of rotatable bonds is 4. The summed E-state index contributed by atoms with van der Waals surface area (Å²) in [5, 5.41) is 3.74. The van der Waals surface area contributed by atoms with Gasteiger partial charge in [-0.05, 0) is 36.6 Å². The van der Waals surface area contributed by atoms with E-state index in [1.807, 2.05) is 36.5 Å². The fourth-order valence-electron chi connectivity index (χ4n) is 3.38. The van der Waals surface area contributed by atoms with Gasteiger partial charge in [-0.1, -0.05) is 23.7 Å². The maximum atomic E-state index is 12.6. The third kappa shape index (κ3) is 4.17. The maximum Gasteiger partial charge on any atom is 0.225 e. The number of anilines is 1. The second-order valence-corrected chi connectivity index (χ2v) is 7.16. The molecule has 3 heterocycles. The lowest BCUT2D eigenvalue weighted by molar-refractivity contribution is -0.125. The number of nitrogens with zero attached hydrogens (tertiary/aromatic N) is 4. The van der Waals surface area contributed by atoms with Gasteiger partial charge in [0.05, 0.1) is 17.8 Å². The Labute approximate surface area is 162 Å². The molecule has 138 valence electrons. The molecule has 1 saturated heterocycles. The standard InChI is InChI=1S/C20H20ClN5O/c21-16-5-3-14(4-6-16)11-25-20(27)15-2-1-9-26(13-15)17-10-18-19(24-12-17)23-8-7-22-18/h3-8,10,12,15H,1-2,9,11,13H2,(H,25,27). The first-order valence-corrected chi connectivity index (χ1v) is 9.41. The molecule has 0 bridgehead atoms. The highest BCUT2D eigenvalue weighted by Crippen LogP contribution is 2.24. The molecule has 7 heteroatoms. The van der Waals surface area contributed by atoms with Crippen LogP contribution in [0.1, 0.15) is 18.4 Å². The molecule has 1 N–H and O–H groups in total. The Kier molecular flexibility index (Phi) is 5.16. The number of hydrogen-bond acceptors (Lipinski definition) is 5. The first-order valence-electron chi connectivity index (χ1n) is 9.03. The molecule has 1 atom stereocenters. The molecule has 1 amide bonds. The Morgan fingerprint density at radius 1 is 1.19 bits per heavy atom. The molecule has 1 aromatic carbocycles. The van der Waals surface area contributed by atoms with Crippen LogP contribution >= 0.6 is 11.6 Å². The zero-order valence-electron chi connectivity index (χ0n) is 14.8. The molecule has 3 aromatic rings. The number of hydrogen-bond donors (Lipinski definition) is 1. The van der Waals surface area contributed by atoms with Crippen molar-refractivity contribution in [3.63, 3.8) is 0 Å². The Hall–Kier alpha value is -2.73. The van der Waals surface area contributed by atoms with Gasteiger partial charge in [0.15, 0.2) is 5.65 Å². The topological polar surface area (TPSA) is 71.0 Å². The first-order chi connectivity index (χ1) is 13.2. The predicted molar refractivity (Wildman–Crippen MR) is 106 cm³/mol. The molecule has 27 heavy (non-hydrogen) atoms. The van der Waals surface area contributed by atoms with Gasteiger partial charge in [-0.2, -0.15) is 0 Å². The number of pyridine rings is 1. The van der Waals surface area contributed by atoms with E-state index < -0.39 is 0 Å². The molecular formula is C20H20ClN5O. The Bertz CT molecular complexity index is 947. The number of benzene rings is 1. The Balaban J connectivity index is 1.40. The number of piperidine rings is 1. The monoisotopic (exact) mass is 381 g/mol. The molecule has 0 saturated carbocycles. The smallest absolute Gasteiger partial charge is 0.225 e. The van der Waals surface area contributed by atoms with Gasteiger partial charge >= 0.3 is 0 Å². The molecule has 1 unspecified atom stereocenters. The zero-order valence-corrected chi connectivity index (χ0v) is 15.6. The van der Waals surface area contributed by atoms with Crippen molar-refractivity contribution in [1.29, 1.82) is 0 Å². The minimum Gasteiger partial charge on any atom is -0.369 e. The maximum absolute atomic E-state index is 12.6. The summed E-state index contributed by atoms with van der Waals surface area (Å²) in [4.78, 5) is 27.7. The Morgan fingerprint density at radius 3 is 2.85 bits per heavy atom. The van der Waals surface area contributed by atoms with Gasteiger partial charge in [-0.25, -0.2) is 9.97 Å². The SMILES string of the molecule is O=C(NCc1ccc(Cl)cc1)C1CCCN(c2cnc3nccnc3c2)C1. The summed E-state index contributed by atoms with van der Waals surface area (Å²) in [5.74, 6) is 0.0480. The van der Waals surface area contributed by atoms with Crippen molar-refractivity contribution < 1.29 is 4.79 Å². The van der Waals surface area contributed by atoms with Gasteiger partial charge in [0.25, 0.3) is 0 Å². The Morgan fingerprint density at radius 2 is 2.00 bits per heavy atom. The average Bonchev–Trinajstić information content (AvgIpc) is 2.73. The summed E-state index contributed by atoms with van der Waals surface area (Å²) < 4.78 is 0. The first kappa shape index (κ1) is 17.7. The van der Waals surface area contributed by atoms with E-state index in [0.29, 0.717) is 23.8 Å². The van der Waals surface area contributed by atoms with Gasteiger partial charge < -0.3 is 10.2 Å². The molecule has 0 radical (unpaired) electrons. The fourth-order valence-corrected chi connectivity index (χ4v) is 3.51. The molecule has 6 nitrogen and oxygen atoms in total. The van der Waals surface area contributed by atoms with Crippen LogP contribution in [-0.2, 0) is 11.3 Å². The normalized spacial score (nSPS) is 17.1. The van der Waals surface area contributed by atoms with Gasteiger partial charge in [-0.3, -0.25) is 9.78 Å². The number of amides is 1. The van der Waals surface area contributed by atoms with E-state index in [1.165, 1.54) is 0 Å². The van der Waals surface area contributed by atoms with Crippen LogP contribution in [0.3, 0.4) is 0 Å². The minimum absolute atomic E-state index is 0.0383. The van der Waals surface area contributed by atoms with E-state index in [-0.39, 0.29) is 11.8 Å². The fraction of sp³-hybridized carbons (Fsp3) is 0.300. The van der Waals surface area contributed by atoms with Gasteiger partial charge in [-0.15, -0.1) is 0 Å². The number of carbonyl (C=O) groups is 1. The van der Waals surface area contributed by atoms with Gasteiger partial charge in [0.2, 0.25) is 5.91 Å². The van der Waals surface area contributed by atoms with Crippen molar-refractivity contribution >= 4 is 34.4 Å². The summed E-state index contributed by atoms with van der Waals surface area (Å²) in [6, 6.07) is 9.51. The number of nitrogens with one attached hydrogen (secondary N) is 1. The highest BCUT2D eigenvalue weighted by Gasteiger charge is 2.26. The molecule has 0 aliphatic carbocycles. The van der Waals surface area contributed by atoms with Crippen LogP contribution in [-0.4, -0.2) is 33.9 Å².